The highest BCUT2D eigenvalue weighted by Gasteiger charge is 2.23. The van der Waals surface area contributed by atoms with E-state index in [2.05, 4.69) is 215 Å². The van der Waals surface area contributed by atoms with Crippen molar-refractivity contribution in [2.75, 3.05) is 0 Å². The van der Waals surface area contributed by atoms with Crippen molar-refractivity contribution in [3.05, 3.63) is 206 Å². The number of hydrogen-bond acceptors (Lipinski definition) is 1. The van der Waals surface area contributed by atoms with Crippen LogP contribution in [-0.4, -0.2) is 9.13 Å². The average Bonchev–Trinajstić information content (AvgIpc) is 3.95. The van der Waals surface area contributed by atoms with Crippen molar-refractivity contribution < 1.29 is 4.42 Å². The van der Waals surface area contributed by atoms with E-state index in [4.69, 9.17) is 4.42 Å². The van der Waals surface area contributed by atoms with Crippen molar-refractivity contribution in [2.45, 2.75) is 0 Å². The fourth-order valence-corrected chi connectivity index (χ4v) is 9.30. The standard InChI is InChI=1S/C54H34N2O/c1-3-15-35(16-4-1)36-29-31-38(32-30-36)55-45-24-10-7-19-42(45)51-40(22-13-26-47(51)55)41-23-14-27-48-52(41)43-20-8-11-25-46(43)56(48)49-34-33-39(37-17-5-2-6-18-37)54-53(49)44-21-9-12-28-50(44)57-54/h1-34H. The molecule has 0 amide bonds. The van der Waals surface area contributed by atoms with Gasteiger partial charge in [-0.25, -0.2) is 0 Å². The van der Waals surface area contributed by atoms with Crippen molar-refractivity contribution in [1.29, 1.82) is 0 Å². The van der Waals surface area contributed by atoms with Gasteiger partial charge in [-0.1, -0.05) is 152 Å². The van der Waals surface area contributed by atoms with Crippen LogP contribution in [0, 0.1) is 0 Å². The zero-order chi connectivity index (χ0) is 37.5. The van der Waals surface area contributed by atoms with Gasteiger partial charge < -0.3 is 13.6 Å². The van der Waals surface area contributed by atoms with Crippen LogP contribution in [-0.2, 0) is 0 Å². The second kappa shape index (κ2) is 12.5. The Bertz CT molecular complexity index is 3490. The lowest BCUT2D eigenvalue weighted by molar-refractivity contribution is 0.670. The van der Waals surface area contributed by atoms with Gasteiger partial charge in [0.15, 0.2) is 0 Å². The molecule has 3 nitrogen and oxygen atoms in total. The molecule has 0 bridgehead atoms. The number of aromatic nitrogens is 2. The molecule has 3 heteroatoms. The topological polar surface area (TPSA) is 23.0 Å². The van der Waals surface area contributed by atoms with E-state index in [-0.39, 0.29) is 0 Å². The van der Waals surface area contributed by atoms with E-state index in [9.17, 15) is 0 Å². The number of furan rings is 1. The molecule has 57 heavy (non-hydrogen) atoms. The van der Waals surface area contributed by atoms with Gasteiger partial charge in [0, 0.05) is 38.2 Å². The molecule has 0 saturated carbocycles. The number of hydrogen-bond donors (Lipinski definition) is 0. The number of nitrogens with zero attached hydrogens (tertiary/aromatic N) is 2. The molecule has 0 aliphatic heterocycles. The molecule has 0 atom stereocenters. The molecule has 0 fully saturated rings. The van der Waals surface area contributed by atoms with Crippen molar-refractivity contribution >= 4 is 65.6 Å². The summed E-state index contributed by atoms with van der Waals surface area (Å²) in [7, 11) is 0. The van der Waals surface area contributed by atoms with Gasteiger partial charge in [0.2, 0.25) is 0 Å². The second-order valence-corrected chi connectivity index (χ2v) is 14.8. The van der Waals surface area contributed by atoms with Crippen LogP contribution < -0.4 is 0 Å². The minimum absolute atomic E-state index is 0.886. The maximum atomic E-state index is 6.74. The van der Waals surface area contributed by atoms with Gasteiger partial charge in [-0.15, -0.1) is 0 Å². The molecule has 266 valence electrons. The lowest BCUT2D eigenvalue weighted by Gasteiger charge is -2.13. The number of rotatable bonds is 5. The Kier molecular flexibility index (Phi) is 6.93. The lowest BCUT2D eigenvalue weighted by atomic mass is 9.95. The first-order valence-electron chi connectivity index (χ1n) is 19.5. The molecular weight excluding hydrogens is 693 g/mol. The van der Waals surface area contributed by atoms with Gasteiger partial charge in [-0.05, 0) is 82.4 Å². The summed E-state index contributed by atoms with van der Waals surface area (Å²) in [5.41, 5.74) is 15.8. The molecule has 0 unspecified atom stereocenters. The normalized spacial score (nSPS) is 11.9. The van der Waals surface area contributed by atoms with E-state index >= 15 is 0 Å². The van der Waals surface area contributed by atoms with Crippen molar-refractivity contribution in [2.24, 2.45) is 0 Å². The van der Waals surface area contributed by atoms with Crippen LogP contribution in [0.2, 0.25) is 0 Å². The SMILES string of the molecule is c1ccc(-c2ccc(-n3c4ccccc4c4c(-c5cccc6c5c5ccccc5n6-c5ccc(-c6ccccc6)c6oc7ccccc7c56)cccc43)cc2)cc1. The van der Waals surface area contributed by atoms with Crippen LogP contribution in [0.5, 0.6) is 0 Å². The van der Waals surface area contributed by atoms with E-state index in [1.54, 1.807) is 0 Å². The van der Waals surface area contributed by atoms with E-state index in [1.165, 1.54) is 54.8 Å². The van der Waals surface area contributed by atoms with E-state index in [0.717, 1.165) is 55.5 Å². The number of benzene rings is 9. The van der Waals surface area contributed by atoms with Crippen molar-refractivity contribution in [3.8, 4) is 44.8 Å². The Morgan fingerprint density at radius 2 is 0.807 bits per heavy atom. The molecule has 12 aromatic rings. The zero-order valence-corrected chi connectivity index (χ0v) is 30.9. The first kappa shape index (κ1) is 31.7. The molecular formula is C54H34N2O. The second-order valence-electron chi connectivity index (χ2n) is 14.8. The Balaban J connectivity index is 1.12. The summed E-state index contributed by atoms with van der Waals surface area (Å²) in [5, 5.41) is 7.16. The monoisotopic (exact) mass is 726 g/mol. The van der Waals surface area contributed by atoms with Gasteiger partial charge in [-0.2, -0.15) is 0 Å². The largest absolute Gasteiger partial charge is 0.455 e. The molecule has 0 spiro atoms. The fraction of sp³-hybridized carbons (Fsp3) is 0. The fourth-order valence-electron chi connectivity index (χ4n) is 9.30. The van der Waals surface area contributed by atoms with Crippen LogP contribution in [0.1, 0.15) is 0 Å². The molecule has 0 saturated heterocycles. The average molecular weight is 727 g/mol. The lowest BCUT2D eigenvalue weighted by Crippen LogP contribution is -1.96. The maximum absolute atomic E-state index is 6.74. The molecule has 0 aliphatic rings. The minimum Gasteiger partial charge on any atom is -0.455 e. The predicted octanol–water partition coefficient (Wildman–Crippen LogP) is 14.8. The van der Waals surface area contributed by atoms with Crippen LogP contribution in [0.4, 0.5) is 0 Å². The van der Waals surface area contributed by atoms with E-state index in [0.29, 0.717) is 0 Å². The van der Waals surface area contributed by atoms with Crippen LogP contribution >= 0.6 is 0 Å². The first-order valence-corrected chi connectivity index (χ1v) is 19.5. The molecule has 0 N–H and O–H groups in total. The summed E-state index contributed by atoms with van der Waals surface area (Å²) in [4.78, 5) is 0. The zero-order valence-electron chi connectivity index (χ0n) is 30.9. The molecule has 3 heterocycles. The molecule has 9 aromatic carbocycles. The van der Waals surface area contributed by atoms with Gasteiger partial charge in [0.05, 0.1) is 33.1 Å². The van der Waals surface area contributed by atoms with Crippen LogP contribution in [0.15, 0.2) is 211 Å². The third-order valence-corrected chi connectivity index (χ3v) is 11.7. The summed E-state index contributed by atoms with van der Waals surface area (Å²) in [5.74, 6) is 0. The summed E-state index contributed by atoms with van der Waals surface area (Å²) in [6, 6.07) is 74.3. The van der Waals surface area contributed by atoms with Gasteiger partial charge in [0.1, 0.15) is 11.2 Å². The van der Waals surface area contributed by atoms with Crippen molar-refractivity contribution in [1.82, 2.24) is 9.13 Å². The number of para-hydroxylation sites is 3. The van der Waals surface area contributed by atoms with Gasteiger partial charge >= 0.3 is 0 Å². The molecule has 12 rings (SSSR count). The smallest absolute Gasteiger partial charge is 0.145 e. The Morgan fingerprint density at radius 3 is 1.47 bits per heavy atom. The van der Waals surface area contributed by atoms with Gasteiger partial charge in [-0.3, -0.25) is 0 Å². The summed E-state index contributed by atoms with van der Waals surface area (Å²) in [6.07, 6.45) is 0. The predicted molar refractivity (Wildman–Crippen MR) is 239 cm³/mol. The third-order valence-electron chi connectivity index (χ3n) is 11.7. The van der Waals surface area contributed by atoms with Crippen molar-refractivity contribution in [3.63, 3.8) is 0 Å². The highest BCUT2D eigenvalue weighted by atomic mass is 16.3. The highest BCUT2D eigenvalue weighted by Crippen LogP contribution is 2.46. The Morgan fingerprint density at radius 1 is 0.298 bits per heavy atom. The Hall–Kier alpha value is -7.62. The molecule has 0 radical (unpaired) electrons. The van der Waals surface area contributed by atoms with E-state index in [1.807, 2.05) is 0 Å². The highest BCUT2D eigenvalue weighted by molar-refractivity contribution is 6.23. The maximum Gasteiger partial charge on any atom is 0.145 e. The molecule has 0 aliphatic carbocycles. The minimum atomic E-state index is 0.886. The van der Waals surface area contributed by atoms with E-state index < -0.39 is 0 Å². The Labute approximate surface area is 328 Å². The first-order chi connectivity index (χ1) is 28.3. The summed E-state index contributed by atoms with van der Waals surface area (Å²) >= 11 is 0. The summed E-state index contributed by atoms with van der Waals surface area (Å²) in [6.45, 7) is 0. The molecule has 3 aromatic heterocycles. The number of fused-ring (bicyclic) bond motifs is 9. The van der Waals surface area contributed by atoms with Crippen LogP contribution in [0.3, 0.4) is 0 Å². The quantitative estimate of drug-likeness (QED) is 0.173. The summed E-state index contributed by atoms with van der Waals surface area (Å²) < 4.78 is 11.6. The third kappa shape index (κ3) is 4.73. The van der Waals surface area contributed by atoms with Gasteiger partial charge in [0.25, 0.3) is 0 Å². The van der Waals surface area contributed by atoms with Crippen LogP contribution in [0.25, 0.3) is 110 Å².